The third kappa shape index (κ3) is 1.87. The Morgan fingerprint density at radius 3 is 3.11 bits per heavy atom. The molecule has 98 valence electrons. The van der Waals surface area contributed by atoms with Crippen molar-refractivity contribution in [2.75, 3.05) is 6.61 Å². The van der Waals surface area contributed by atoms with E-state index in [9.17, 15) is 9.18 Å². The Morgan fingerprint density at radius 2 is 2.37 bits per heavy atom. The number of hydrogen-bond donors (Lipinski definition) is 0. The number of thiazole rings is 1. The van der Waals surface area contributed by atoms with Crippen LogP contribution < -0.4 is 0 Å². The third-order valence-electron chi connectivity index (χ3n) is 2.66. The summed E-state index contributed by atoms with van der Waals surface area (Å²) in [5.74, 6) is -0.983. The van der Waals surface area contributed by atoms with Crippen LogP contribution in [0.5, 0.6) is 0 Å². The van der Waals surface area contributed by atoms with E-state index >= 15 is 0 Å². The molecule has 7 heteroatoms. The van der Waals surface area contributed by atoms with Gasteiger partial charge in [-0.1, -0.05) is 11.6 Å². The standard InChI is InChI=1S/C12H8ClFN2O2S/c1-2-18-12(17)10-11-16(5-15-10)8-4-7(14)6(13)3-9(8)19-11/h3-5H,2H2,1H3. The van der Waals surface area contributed by atoms with Crippen LogP contribution in [0.15, 0.2) is 18.5 Å². The average molecular weight is 299 g/mol. The van der Waals surface area contributed by atoms with Crippen LogP contribution in [0.4, 0.5) is 4.39 Å². The molecule has 0 N–H and O–H groups in total. The van der Waals surface area contributed by atoms with E-state index in [0.29, 0.717) is 10.3 Å². The molecule has 0 aliphatic rings. The fourth-order valence-electron chi connectivity index (χ4n) is 1.84. The van der Waals surface area contributed by atoms with Gasteiger partial charge in [-0.3, -0.25) is 4.40 Å². The van der Waals surface area contributed by atoms with E-state index in [2.05, 4.69) is 4.98 Å². The highest BCUT2D eigenvalue weighted by molar-refractivity contribution is 7.24. The van der Waals surface area contributed by atoms with Gasteiger partial charge in [-0.2, -0.15) is 0 Å². The van der Waals surface area contributed by atoms with Crippen LogP contribution in [0.25, 0.3) is 15.0 Å². The van der Waals surface area contributed by atoms with Gasteiger partial charge in [-0.15, -0.1) is 11.3 Å². The second-order valence-electron chi connectivity index (χ2n) is 3.82. The molecule has 0 aliphatic carbocycles. The summed E-state index contributed by atoms with van der Waals surface area (Å²) in [5.41, 5.74) is 0.865. The van der Waals surface area contributed by atoms with Gasteiger partial charge in [0.1, 0.15) is 17.0 Å². The number of rotatable bonds is 2. The summed E-state index contributed by atoms with van der Waals surface area (Å²) >= 11 is 7.07. The lowest BCUT2D eigenvalue weighted by atomic mass is 10.3. The van der Waals surface area contributed by atoms with Crippen molar-refractivity contribution in [3.63, 3.8) is 0 Å². The van der Waals surface area contributed by atoms with Crippen molar-refractivity contribution in [3.05, 3.63) is 35.0 Å². The summed E-state index contributed by atoms with van der Waals surface area (Å²) in [6.07, 6.45) is 1.48. The maximum absolute atomic E-state index is 13.5. The number of imidazole rings is 1. The van der Waals surface area contributed by atoms with Crippen molar-refractivity contribution in [1.82, 2.24) is 9.38 Å². The first-order valence-electron chi connectivity index (χ1n) is 5.53. The van der Waals surface area contributed by atoms with Gasteiger partial charge in [0.2, 0.25) is 0 Å². The van der Waals surface area contributed by atoms with Crippen molar-refractivity contribution in [1.29, 1.82) is 0 Å². The molecule has 0 amide bonds. The van der Waals surface area contributed by atoms with Crippen molar-refractivity contribution in [2.24, 2.45) is 0 Å². The van der Waals surface area contributed by atoms with E-state index in [1.165, 1.54) is 23.7 Å². The van der Waals surface area contributed by atoms with Crippen LogP contribution in [0.2, 0.25) is 5.02 Å². The minimum atomic E-state index is -0.500. The number of aromatic nitrogens is 2. The number of carbonyl (C=O) groups is 1. The lowest BCUT2D eigenvalue weighted by Crippen LogP contribution is -2.04. The second-order valence-corrected chi connectivity index (χ2v) is 5.26. The molecule has 0 saturated carbocycles. The summed E-state index contributed by atoms with van der Waals surface area (Å²) in [5, 5.41) is 0.0580. The first kappa shape index (κ1) is 12.4. The predicted octanol–water partition coefficient (Wildman–Crippen LogP) is 3.52. The SMILES string of the molecule is CCOC(=O)c1ncn2c1sc1cc(Cl)c(F)cc12. The molecule has 0 atom stereocenters. The van der Waals surface area contributed by atoms with Crippen LogP contribution in [-0.4, -0.2) is 22.0 Å². The molecule has 0 spiro atoms. The molecule has 2 aromatic heterocycles. The molecule has 4 nitrogen and oxygen atoms in total. The zero-order chi connectivity index (χ0) is 13.6. The van der Waals surface area contributed by atoms with E-state index < -0.39 is 11.8 Å². The average Bonchev–Trinajstić information content (AvgIpc) is 2.90. The van der Waals surface area contributed by atoms with E-state index in [1.54, 1.807) is 17.4 Å². The maximum atomic E-state index is 13.5. The highest BCUT2D eigenvalue weighted by Gasteiger charge is 2.19. The zero-order valence-electron chi connectivity index (χ0n) is 9.81. The Kier molecular flexibility index (Phi) is 2.91. The van der Waals surface area contributed by atoms with Gasteiger partial charge < -0.3 is 4.74 Å². The highest BCUT2D eigenvalue weighted by Crippen LogP contribution is 2.32. The van der Waals surface area contributed by atoms with Gasteiger partial charge in [0, 0.05) is 6.07 Å². The number of benzene rings is 1. The molecule has 0 fully saturated rings. The highest BCUT2D eigenvalue weighted by atomic mass is 35.5. The number of fused-ring (bicyclic) bond motifs is 3. The quantitative estimate of drug-likeness (QED) is 0.680. The molecule has 0 radical (unpaired) electrons. The number of esters is 1. The van der Waals surface area contributed by atoms with Crippen molar-refractivity contribution in [2.45, 2.75) is 6.92 Å². The smallest absolute Gasteiger partial charge is 0.360 e. The number of carbonyl (C=O) groups excluding carboxylic acids is 1. The Morgan fingerprint density at radius 1 is 1.58 bits per heavy atom. The molecular formula is C12H8ClFN2O2S. The fraction of sp³-hybridized carbons (Fsp3) is 0.167. The molecule has 3 aromatic rings. The molecule has 1 aromatic carbocycles. The number of hydrogen-bond acceptors (Lipinski definition) is 4. The summed E-state index contributed by atoms with van der Waals surface area (Å²) in [7, 11) is 0. The Labute approximate surface area is 116 Å². The minimum absolute atomic E-state index is 0.0580. The van der Waals surface area contributed by atoms with Crippen LogP contribution in [0.3, 0.4) is 0 Å². The first-order chi connectivity index (χ1) is 9.11. The van der Waals surface area contributed by atoms with Gasteiger partial charge in [0.05, 0.1) is 21.8 Å². The second kappa shape index (κ2) is 4.47. The Hall–Kier alpha value is -1.66. The Bertz CT molecular complexity index is 796. The lowest BCUT2D eigenvalue weighted by Gasteiger charge is -1.96. The van der Waals surface area contributed by atoms with Gasteiger partial charge in [-0.05, 0) is 13.0 Å². The van der Waals surface area contributed by atoms with E-state index in [4.69, 9.17) is 16.3 Å². The van der Waals surface area contributed by atoms with Gasteiger partial charge in [0.25, 0.3) is 0 Å². The Balaban J connectivity index is 2.26. The predicted molar refractivity (Wildman–Crippen MR) is 71.5 cm³/mol. The van der Waals surface area contributed by atoms with Gasteiger partial charge in [-0.25, -0.2) is 14.2 Å². The first-order valence-corrected chi connectivity index (χ1v) is 6.73. The molecule has 3 rings (SSSR count). The minimum Gasteiger partial charge on any atom is -0.461 e. The molecule has 0 aliphatic heterocycles. The monoisotopic (exact) mass is 298 g/mol. The van der Waals surface area contributed by atoms with Gasteiger partial charge >= 0.3 is 5.97 Å². The molecule has 19 heavy (non-hydrogen) atoms. The molecule has 0 unspecified atom stereocenters. The normalized spacial score (nSPS) is 11.3. The molecule has 0 bridgehead atoms. The maximum Gasteiger partial charge on any atom is 0.360 e. The van der Waals surface area contributed by atoms with E-state index in [0.717, 1.165) is 4.70 Å². The van der Waals surface area contributed by atoms with Crippen molar-refractivity contribution in [3.8, 4) is 0 Å². The van der Waals surface area contributed by atoms with Crippen molar-refractivity contribution >= 4 is 44.0 Å². The summed E-state index contributed by atoms with van der Waals surface area (Å²) < 4.78 is 20.9. The molecular weight excluding hydrogens is 291 g/mol. The summed E-state index contributed by atoms with van der Waals surface area (Å²) in [4.78, 5) is 16.4. The van der Waals surface area contributed by atoms with Crippen LogP contribution in [-0.2, 0) is 4.74 Å². The molecule has 0 saturated heterocycles. The fourth-order valence-corrected chi connectivity index (χ4v) is 3.19. The van der Waals surface area contributed by atoms with E-state index in [1.807, 2.05) is 0 Å². The number of nitrogens with zero attached hydrogens (tertiary/aromatic N) is 2. The van der Waals surface area contributed by atoms with Crippen LogP contribution >= 0.6 is 22.9 Å². The molecule has 2 heterocycles. The summed E-state index contributed by atoms with van der Waals surface area (Å²) in [6.45, 7) is 2.01. The van der Waals surface area contributed by atoms with Crippen LogP contribution in [0, 0.1) is 5.82 Å². The number of halogens is 2. The largest absolute Gasteiger partial charge is 0.461 e. The zero-order valence-corrected chi connectivity index (χ0v) is 11.4. The van der Waals surface area contributed by atoms with Crippen molar-refractivity contribution < 1.29 is 13.9 Å². The topological polar surface area (TPSA) is 43.6 Å². The third-order valence-corrected chi connectivity index (χ3v) is 4.08. The summed E-state index contributed by atoms with van der Waals surface area (Å²) in [6, 6.07) is 2.87. The lowest BCUT2D eigenvalue weighted by molar-refractivity contribution is 0.0523. The van der Waals surface area contributed by atoms with Gasteiger partial charge in [0.15, 0.2) is 5.69 Å². The van der Waals surface area contributed by atoms with E-state index in [-0.39, 0.29) is 17.3 Å². The number of ether oxygens (including phenoxy) is 1. The van der Waals surface area contributed by atoms with Crippen LogP contribution in [0.1, 0.15) is 17.4 Å².